The molecule has 1 N–H and O–H groups in total. The molecule has 2 aromatic rings. The zero-order valence-electron chi connectivity index (χ0n) is 19.3. The summed E-state index contributed by atoms with van der Waals surface area (Å²) in [7, 11) is 1.62. The van der Waals surface area contributed by atoms with E-state index in [1.807, 2.05) is 69.3 Å². The molecule has 0 bridgehead atoms. The fourth-order valence-corrected chi connectivity index (χ4v) is 4.33. The van der Waals surface area contributed by atoms with Crippen molar-refractivity contribution in [2.45, 2.75) is 63.6 Å². The van der Waals surface area contributed by atoms with E-state index in [9.17, 15) is 9.59 Å². The first kappa shape index (κ1) is 26.1. The molecule has 0 aliphatic heterocycles. The van der Waals surface area contributed by atoms with E-state index in [-0.39, 0.29) is 17.9 Å². The molecule has 0 saturated heterocycles. The number of nitrogens with zero attached hydrogens (tertiary/aromatic N) is 1. The molecule has 0 aromatic heterocycles. The summed E-state index contributed by atoms with van der Waals surface area (Å²) in [5, 5.41) is 3.67. The van der Waals surface area contributed by atoms with Crippen molar-refractivity contribution in [1.82, 2.24) is 10.2 Å². The molecular formula is C25H33ClN2O3S. The highest BCUT2D eigenvalue weighted by Crippen LogP contribution is 2.23. The molecule has 0 heterocycles. The number of amides is 2. The van der Waals surface area contributed by atoms with Gasteiger partial charge in [-0.1, -0.05) is 30.7 Å². The van der Waals surface area contributed by atoms with Crippen LogP contribution in [0.2, 0.25) is 5.02 Å². The van der Waals surface area contributed by atoms with Gasteiger partial charge in [-0.3, -0.25) is 9.59 Å². The quantitative estimate of drug-likeness (QED) is 0.322. The van der Waals surface area contributed by atoms with E-state index in [1.165, 1.54) is 0 Å². The van der Waals surface area contributed by atoms with Crippen LogP contribution in [0.4, 0.5) is 0 Å². The Kier molecular flexibility index (Phi) is 10.9. The van der Waals surface area contributed by atoms with Gasteiger partial charge in [0.25, 0.3) is 0 Å². The van der Waals surface area contributed by atoms with Crippen LogP contribution < -0.4 is 10.1 Å². The number of rotatable bonds is 12. The van der Waals surface area contributed by atoms with Gasteiger partial charge < -0.3 is 15.0 Å². The smallest absolute Gasteiger partial charge is 0.243 e. The van der Waals surface area contributed by atoms with Crippen molar-refractivity contribution in [2.24, 2.45) is 0 Å². The van der Waals surface area contributed by atoms with Crippen LogP contribution in [0.15, 0.2) is 53.4 Å². The minimum atomic E-state index is -0.514. The van der Waals surface area contributed by atoms with E-state index in [0.717, 1.165) is 28.4 Å². The molecule has 32 heavy (non-hydrogen) atoms. The van der Waals surface area contributed by atoms with Gasteiger partial charge in [0, 0.05) is 28.9 Å². The monoisotopic (exact) mass is 476 g/mol. The molecule has 0 saturated carbocycles. The van der Waals surface area contributed by atoms with Crippen LogP contribution in [0.5, 0.6) is 5.75 Å². The topological polar surface area (TPSA) is 58.6 Å². The summed E-state index contributed by atoms with van der Waals surface area (Å²) in [6, 6.07) is 14.8. The minimum absolute atomic E-state index is 0.0149. The Bertz CT molecular complexity index is 874. The number of hydrogen-bond donors (Lipinski definition) is 1. The van der Waals surface area contributed by atoms with Crippen molar-refractivity contribution in [3.8, 4) is 5.75 Å². The molecule has 0 fully saturated rings. The fraction of sp³-hybridized carbons (Fsp3) is 0.440. The molecule has 0 spiro atoms. The molecule has 2 rings (SSSR count). The zero-order chi connectivity index (χ0) is 23.5. The van der Waals surface area contributed by atoms with E-state index >= 15 is 0 Å². The third kappa shape index (κ3) is 8.40. The summed E-state index contributed by atoms with van der Waals surface area (Å²) < 4.78 is 5.32. The summed E-state index contributed by atoms with van der Waals surface area (Å²) in [4.78, 5) is 28.9. The molecule has 0 unspecified atom stereocenters. The Morgan fingerprint density at radius 2 is 1.88 bits per heavy atom. The second kappa shape index (κ2) is 13.4. The van der Waals surface area contributed by atoms with E-state index in [4.69, 9.17) is 16.3 Å². The summed E-state index contributed by atoms with van der Waals surface area (Å²) in [5.41, 5.74) is 0.934. The first-order chi connectivity index (χ1) is 15.3. The van der Waals surface area contributed by atoms with Gasteiger partial charge >= 0.3 is 0 Å². The van der Waals surface area contributed by atoms with Crippen LogP contribution in [0.25, 0.3) is 0 Å². The van der Waals surface area contributed by atoms with Crippen LogP contribution in [-0.2, 0) is 16.1 Å². The van der Waals surface area contributed by atoms with E-state index < -0.39 is 6.04 Å². The van der Waals surface area contributed by atoms with Gasteiger partial charge in [0.1, 0.15) is 11.8 Å². The number of carbonyl (C=O) groups excluding carboxylic acids is 2. The van der Waals surface area contributed by atoms with Crippen LogP contribution in [0.1, 0.15) is 45.6 Å². The molecule has 2 amide bonds. The molecule has 0 radical (unpaired) electrons. The Morgan fingerprint density at radius 3 is 2.50 bits per heavy atom. The number of nitrogens with one attached hydrogen (secondary N) is 1. The average molecular weight is 477 g/mol. The summed E-state index contributed by atoms with van der Waals surface area (Å²) in [6.07, 6.45) is 1.66. The number of thioether (sulfide) groups is 1. The largest absolute Gasteiger partial charge is 0.497 e. The highest BCUT2D eigenvalue weighted by Gasteiger charge is 2.28. The SMILES string of the molecule is CC[C@@H](C(=O)NC(C)C)N(Cc1cccc(OC)c1)C(=O)CCCSc1ccc(Cl)cc1. The number of methoxy groups -OCH3 is 1. The minimum Gasteiger partial charge on any atom is -0.497 e. The first-order valence-corrected chi connectivity index (χ1v) is 12.3. The van der Waals surface area contributed by atoms with E-state index in [0.29, 0.717) is 24.4 Å². The third-order valence-corrected chi connectivity index (χ3v) is 6.27. The van der Waals surface area contributed by atoms with Crippen molar-refractivity contribution < 1.29 is 14.3 Å². The van der Waals surface area contributed by atoms with Crippen LogP contribution in [-0.4, -0.2) is 41.7 Å². The van der Waals surface area contributed by atoms with Crippen molar-refractivity contribution in [1.29, 1.82) is 0 Å². The lowest BCUT2D eigenvalue weighted by Crippen LogP contribution is -2.50. The number of benzene rings is 2. The second-order valence-corrected chi connectivity index (χ2v) is 9.47. The highest BCUT2D eigenvalue weighted by molar-refractivity contribution is 7.99. The second-order valence-electron chi connectivity index (χ2n) is 7.87. The lowest BCUT2D eigenvalue weighted by atomic mass is 10.1. The Labute approximate surface area is 200 Å². The number of carbonyl (C=O) groups is 2. The maximum atomic E-state index is 13.2. The Balaban J connectivity index is 2.07. The van der Waals surface area contributed by atoms with Gasteiger partial charge in [0.15, 0.2) is 0 Å². The maximum Gasteiger partial charge on any atom is 0.243 e. The van der Waals surface area contributed by atoms with Gasteiger partial charge in [-0.25, -0.2) is 0 Å². The number of hydrogen-bond acceptors (Lipinski definition) is 4. The Morgan fingerprint density at radius 1 is 1.16 bits per heavy atom. The van der Waals surface area contributed by atoms with Gasteiger partial charge in [-0.2, -0.15) is 0 Å². The van der Waals surface area contributed by atoms with Crippen LogP contribution in [0.3, 0.4) is 0 Å². The molecule has 0 aliphatic rings. The molecule has 1 atom stereocenters. The van der Waals surface area contributed by atoms with Gasteiger partial charge in [0.05, 0.1) is 7.11 Å². The summed E-state index contributed by atoms with van der Waals surface area (Å²) >= 11 is 7.63. The normalized spacial score (nSPS) is 11.8. The van der Waals surface area contributed by atoms with Crippen molar-refractivity contribution in [3.05, 3.63) is 59.1 Å². The predicted octanol–water partition coefficient (Wildman–Crippen LogP) is 5.55. The molecule has 7 heteroatoms. The van der Waals surface area contributed by atoms with Crippen LogP contribution >= 0.6 is 23.4 Å². The zero-order valence-corrected chi connectivity index (χ0v) is 20.8. The predicted molar refractivity (Wildman–Crippen MR) is 132 cm³/mol. The molecule has 174 valence electrons. The van der Waals surface area contributed by atoms with E-state index in [1.54, 1.807) is 23.8 Å². The molecule has 2 aromatic carbocycles. The maximum absolute atomic E-state index is 13.2. The van der Waals surface area contributed by atoms with Gasteiger partial charge in [-0.05, 0) is 74.4 Å². The van der Waals surface area contributed by atoms with Crippen LogP contribution in [0, 0.1) is 0 Å². The summed E-state index contributed by atoms with van der Waals surface area (Å²) in [5.74, 6) is 1.41. The molecule has 5 nitrogen and oxygen atoms in total. The first-order valence-electron chi connectivity index (χ1n) is 10.9. The number of ether oxygens (including phenoxy) is 1. The van der Waals surface area contributed by atoms with Crippen molar-refractivity contribution in [2.75, 3.05) is 12.9 Å². The number of halogens is 1. The van der Waals surface area contributed by atoms with Crippen molar-refractivity contribution in [3.63, 3.8) is 0 Å². The van der Waals surface area contributed by atoms with Crippen molar-refractivity contribution >= 4 is 35.2 Å². The lowest BCUT2D eigenvalue weighted by molar-refractivity contribution is -0.141. The summed E-state index contributed by atoms with van der Waals surface area (Å²) in [6.45, 7) is 6.15. The average Bonchev–Trinajstić information content (AvgIpc) is 2.77. The third-order valence-electron chi connectivity index (χ3n) is 4.92. The fourth-order valence-electron chi connectivity index (χ4n) is 3.36. The Hall–Kier alpha value is -2.18. The lowest BCUT2D eigenvalue weighted by Gasteiger charge is -2.31. The van der Waals surface area contributed by atoms with Gasteiger partial charge in [-0.15, -0.1) is 11.8 Å². The molecule has 0 aliphatic carbocycles. The standard InChI is InChI=1S/C25H33ClN2O3S/c1-5-23(25(30)27-18(2)3)28(17-19-8-6-9-21(16-19)31-4)24(29)10-7-15-32-22-13-11-20(26)12-14-22/h6,8-9,11-14,16,18,23H,5,7,10,15,17H2,1-4H3,(H,27,30)/t23-/m0/s1. The highest BCUT2D eigenvalue weighted by atomic mass is 35.5. The molecular weight excluding hydrogens is 444 g/mol. The van der Waals surface area contributed by atoms with Gasteiger partial charge in [0.2, 0.25) is 11.8 Å². The van der Waals surface area contributed by atoms with E-state index in [2.05, 4.69) is 5.32 Å².